The first-order valence-corrected chi connectivity index (χ1v) is 10.1. The number of amides is 1. The number of piperidine rings is 1. The fourth-order valence-corrected chi connectivity index (χ4v) is 3.61. The van der Waals surface area contributed by atoms with Crippen molar-refractivity contribution in [2.45, 2.75) is 25.8 Å². The Labute approximate surface area is 174 Å². The smallest absolute Gasteiger partial charge is 0.228 e. The molecule has 0 aliphatic carbocycles. The molecule has 1 N–H and O–H groups in total. The summed E-state index contributed by atoms with van der Waals surface area (Å²) in [7, 11) is 0. The van der Waals surface area contributed by atoms with Gasteiger partial charge in [-0.05, 0) is 49.1 Å². The molecule has 1 fully saturated rings. The van der Waals surface area contributed by atoms with Crippen molar-refractivity contribution < 1.29 is 4.79 Å². The molecular weight excluding hydrogens is 388 g/mol. The van der Waals surface area contributed by atoms with Gasteiger partial charge in [0.2, 0.25) is 5.91 Å². The van der Waals surface area contributed by atoms with Crippen LogP contribution in [0.15, 0.2) is 55.1 Å². The van der Waals surface area contributed by atoms with Gasteiger partial charge in [0.15, 0.2) is 5.82 Å². The largest absolute Gasteiger partial charge is 0.357 e. The SMILES string of the molecule is O=C(Nc1ccn(CCc2ccncc2)n1)C1CCN(c2ccc(Cl)cn2)CC1. The van der Waals surface area contributed by atoms with Crippen LogP contribution in [-0.2, 0) is 17.8 Å². The maximum atomic E-state index is 12.6. The Balaban J connectivity index is 1.26. The van der Waals surface area contributed by atoms with Gasteiger partial charge in [0.1, 0.15) is 5.82 Å². The Morgan fingerprint density at radius 3 is 2.66 bits per heavy atom. The van der Waals surface area contributed by atoms with E-state index in [4.69, 9.17) is 11.6 Å². The lowest BCUT2D eigenvalue weighted by atomic mass is 9.96. The number of nitrogens with zero attached hydrogens (tertiary/aromatic N) is 5. The zero-order chi connectivity index (χ0) is 20.1. The van der Waals surface area contributed by atoms with Gasteiger partial charge >= 0.3 is 0 Å². The molecule has 150 valence electrons. The van der Waals surface area contributed by atoms with E-state index in [1.54, 1.807) is 18.6 Å². The van der Waals surface area contributed by atoms with Gasteiger partial charge in [0.05, 0.1) is 5.02 Å². The van der Waals surface area contributed by atoms with Gasteiger partial charge in [-0.25, -0.2) is 4.98 Å². The first-order valence-electron chi connectivity index (χ1n) is 9.77. The van der Waals surface area contributed by atoms with Crippen molar-refractivity contribution in [2.75, 3.05) is 23.3 Å². The number of hydrogen-bond acceptors (Lipinski definition) is 5. The monoisotopic (exact) mass is 410 g/mol. The average Bonchev–Trinajstić information content (AvgIpc) is 3.21. The highest BCUT2D eigenvalue weighted by molar-refractivity contribution is 6.30. The summed E-state index contributed by atoms with van der Waals surface area (Å²) in [5.74, 6) is 1.53. The summed E-state index contributed by atoms with van der Waals surface area (Å²) >= 11 is 5.90. The Kier molecular flexibility index (Phi) is 6.05. The summed E-state index contributed by atoms with van der Waals surface area (Å²) in [6, 6.07) is 9.60. The molecule has 1 aliphatic heterocycles. The second-order valence-corrected chi connectivity index (χ2v) is 7.59. The highest BCUT2D eigenvalue weighted by Crippen LogP contribution is 2.23. The lowest BCUT2D eigenvalue weighted by Gasteiger charge is -2.32. The molecule has 0 unspecified atom stereocenters. The van der Waals surface area contributed by atoms with Crippen molar-refractivity contribution in [1.82, 2.24) is 19.7 Å². The molecule has 1 saturated heterocycles. The first kappa shape index (κ1) is 19.4. The van der Waals surface area contributed by atoms with Gasteiger partial charge in [0.25, 0.3) is 0 Å². The molecule has 0 bridgehead atoms. The normalized spacial score (nSPS) is 14.7. The van der Waals surface area contributed by atoms with Crippen molar-refractivity contribution in [1.29, 1.82) is 0 Å². The minimum atomic E-state index is -0.0134. The van der Waals surface area contributed by atoms with E-state index in [0.29, 0.717) is 10.8 Å². The van der Waals surface area contributed by atoms with Gasteiger partial charge in [-0.15, -0.1) is 0 Å². The summed E-state index contributed by atoms with van der Waals surface area (Å²) in [5, 5.41) is 8.05. The molecule has 1 aliphatic rings. The number of carbonyl (C=O) groups is 1. The zero-order valence-electron chi connectivity index (χ0n) is 16.0. The standard InChI is InChI=1S/C21H23ClN6O/c22-18-1-2-20(24-15-18)27-11-6-17(7-12-27)21(29)25-19-8-14-28(26-19)13-5-16-3-9-23-10-4-16/h1-4,8-10,14-15,17H,5-7,11-13H2,(H,25,26,29). The van der Waals surface area contributed by atoms with E-state index in [1.165, 1.54) is 5.56 Å². The lowest BCUT2D eigenvalue weighted by Crippen LogP contribution is -2.38. The van der Waals surface area contributed by atoms with Crippen molar-refractivity contribution in [3.8, 4) is 0 Å². The summed E-state index contributed by atoms with van der Waals surface area (Å²) in [5.41, 5.74) is 1.21. The predicted molar refractivity (Wildman–Crippen MR) is 113 cm³/mol. The number of aromatic nitrogens is 4. The van der Waals surface area contributed by atoms with Crippen LogP contribution >= 0.6 is 11.6 Å². The van der Waals surface area contributed by atoms with Crippen LogP contribution in [0.1, 0.15) is 18.4 Å². The summed E-state index contributed by atoms with van der Waals surface area (Å²) in [6.07, 6.45) is 9.58. The molecule has 0 saturated carbocycles. The third-order valence-electron chi connectivity index (χ3n) is 5.17. The van der Waals surface area contributed by atoms with E-state index in [2.05, 4.69) is 25.3 Å². The fraction of sp³-hybridized carbons (Fsp3) is 0.333. The van der Waals surface area contributed by atoms with Gasteiger partial charge in [0, 0.05) is 56.4 Å². The molecule has 0 radical (unpaired) electrons. The number of anilines is 2. The van der Waals surface area contributed by atoms with E-state index in [-0.39, 0.29) is 11.8 Å². The molecule has 4 rings (SSSR count). The van der Waals surface area contributed by atoms with Crippen LogP contribution in [0, 0.1) is 5.92 Å². The molecule has 1 amide bonds. The Bertz CT molecular complexity index is 935. The average molecular weight is 411 g/mol. The second-order valence-electron chi connectivity index (χ2n) is 7.15. The second kappa shape index (κ2) is 9.05. The Morgan fingerprint density at radius 1 is 1.14 bits per heavy atom. The van der Waals surface area contributed by atoms with Crippen LogP contribution in [0.2, 0.25) is 5.02 Å². The Hall–Kier alpha value is -2.93. The maximum absolute atomic E-state index is 12.6. The molecule has 3 aromatic rings. The van der Waals surface area contributed by atoms with Gasteiger partial charge < -0.3 is 10.2 Å². The molecule has 0 spiro atoms. The fourth-order valence-electron chi connectivity index (χ4n) is 3.50. The minimum absolute atomic E-state index is 0.0134. The third-order valence-corrected chi connectivity index (χ3v) is 5.40. The van der Waals surface area contributed by atoms with Crippen LogP contribution in [0.3, 0.4) is 0 Å². The summed E-state index contributed by atoms with van der Waals surface area (Å²) in [6.45, 7) is 2.35. The van der Waals surface area contributed by atoms with E-state index in [0.717, 1.165) is 44.7 Å². The molecular formula is C21H23ClN6O. The molecule has 0 atom stereocenters. The molecule has 7 nitrogen and oxygen atoms in total. The number of halogens is 1. The van der Waals surface area contributed by atoms with E-state index in [9.17, 15) is 4.79 Å². The minimum Gasteiger partial charge on any atom is -0.357 e. The molecule has 0 aromatic carbocycles. The molecule has 29 heavy (non-hydrogen) atoms. The number of nitrogens with one attached hydrogen (secondary N) is 1. The van der Waals surface area contributed by atoms with Crippen molar-refractivity contribution >= 4 is 29.1 Å². The van der Waals surface area contributed by atoms with Crippen LogP contribution in [-0.4, -0.2) is 38.7 Å². The molecule has 8 heteroatoms. The molecule has 3 aromatic heterocycles. The van der Waals surface area contributed by atoms with E-state index in [1.807, 2.05) is 41.2 Å². The number of carbonyl (C=O) groups excluding carboxylic acids is 1. The van der Waals surface area contributed by atoms with Gasteiger partial charge in [-0.3, -0.25) is 14.5 Å². The predicted octanol–water partition coefficient (Wildman–Crippen LogP) is 3.42. The summed E-state index contributed by atoms with van der Waals surface area (Å²) in [4.78, 5) is 23.2. The van der Waals surface area contributed by atoms with Crippen molar-refractivity contribution in [3.63, 3.8) is 0 Å². The lowest BCUT2D eigenvalue weighted by molar-refractivity contribution is -0.120. The first-order chi connectivity index (χ1) is 14.2. The zero-order valence-corrected chi connectivity index (χ0v) is 16.8. The quantitative estimate of drug-likeness (QED) is 0.673. The van der Waals surface area contributed by atoms with E-state index >= 15 is 0 Å². The number of hydrogen-bond donors (Lipinski definition) is 1. The number of aryl methyl sites for hydroxylation is 2. The maximum Gasteiger partial charge on any atom is 0.228 e. The topological polar surface area (TPSA) is 75.9 Å². The van der Waals surface area contributed by atoms with Crippen molar-refractivity contribution in [3.05, 3.63) is 65.7 Å². The number of pyridine rings is 2. The Morgan fingerprint density at radius 2 is 1.93 bits per heavy atom. The highest BCUT2D eigenvalue weighted by atomic mass is 35.5. The van der Waals surface area contributed by atoms with Gasteiger partial charge in [-0.1, -0.05) is 11.6 Å². The third kappa shape index (κ3) is 5.12. The van der Waals surface area contributed by atoms with Crippen LogP contribution in [0.4, 0.5) is 11.6 Å². The highest BCUT2D eigenvalue weighted by Gasteiger charge is 2.26. The van der Waals surface area contributed by atoms with Crippen LogP contribution in [0.5, 0.6) is 0 Å². The molecule has 4 heterocycles. The van der Waals surface area contributed by atoms with E-state index < -0.39 is 0 Å². The summed E-state index contributed by atoms with van der Waals surface area (Å²) < 4.78 is 1.85. The van der Waals surface area contributed by atoms with Crippen LogP contribution in [0.25, 0.3) is 0 Å². The van der Waals surface area contributed by atoms with Crippen LogP contribution < -0.4 is 10.2 Å². The number of rotatable bonds is 6. The van der Waals surface area contributed by atoms with Gasteiger partial charge in [-0.2, -0.15) is 5.10 Å². The van der Waals surface area contributed by atoms with Crippen molar-refractivity contribution in [2.24, 2.45) is 5.92 Å².